The van der Waals surface area contributed by atoms with E-state index in [4.69, 9.17) is 9.47 Å². The van der Waals surface area contributed by atoms with Crippen LogP contribution in [-0.2, 0) is 40.3 Å². The van der Waals surface area contributed by atoms with Crippen LogP contribution in [0.5, 0.6) is 0 Å². The number of likely N-dealkylation sites (tertiary alicyclic amines) is 1. The van der Waals surface area contributed by atoms with E-state index in [1.54, 1.807) is 41.5 Å². The van der Waals surface area contributed by atoms with E-state index in [0.29, 0.717) is 25.8 Å². The fourth-order valence-corrected chi connectivity index (χ4v) is 7.73. The van der Waals surface area contributed by atoms with Crippen molar-refractivity contribution in [2.75, 3.05) is 18.0 Å². The maximum Gasteiger partial charge on any atom is 0.414 e. The molecule has 0 bridgehead atoms. The number of nitrogens with zero attached hydrogens (tertiary/aromatic N) is 2. The van der Waals surface area contributed by atoms with Crippen molar-refractivity contribution in [1.29, 1.82) is 0 Å². The third kappa shape index (κ3) is 7.86. The minimum absolute atomic E-state index is 0.0983. The molecule has 1 aromatic carbocycles. The lowest BCUT2D eigenvalue weighted by Crippen LogP contribution is -2.60. The second kappa shape index (κ2) is 13.0. The summed E-state index contributed by atoms with van der Waals surface area (Å²) in [5.41, 5.74) is -1.55. The molecule has 268 valence electrons. The first-order valence-corrected chi connectivity index (χ1v) is 18.2. The fourth-order valence-electron chi connectivity index (χ4n) is 6.37. The lowest BCUT2D eigenvalue weighted by Gasteiger charge is -2.36. The van der Waals surface area contributed by atoms with Crippen molar-refractivity contribution >= 4 is 45.6 Å². The zero-order valence-electron chi connectivity index (χ0n) is 28.9. The fraction of sp³-hybridized carbons (Fsp3) is 0.618. The topological polar surface area (TPSA) is 181 Å². The van der Waals surface area contributed by atoms with Crippen molar-refractivity contribution in [3.05, 3.63) is 42.5 Å². The zero-order chi connectivity index (χ0) is 36.1. The van der Waals surface area contributed by atoms with Crippen molar-refractivity contribution in [3.63, 3.8) is 0 Å². The molecule has 0 spiro atoms. The zero-order valence-corrected chi connectivity index (χ0v) is 29.7. The second-order valence-electron chi connectivity index (χ2n) is 15.4. The number of carbonyl (C=O) groups is 5. The standard InChI is InChI=1S/C34H47N5O9S/c1-8-21-18-34(21,29(42)37-49(45,46)23-13-14-23)36-27(40)25-17-22(47-31(44)38-16-15-20-11-9-10-12-24(20)38)19-39(25)28(41)26(32(2,3)4)35-30(43)48-33(5,6)7/h8-12,21-23,25-26H,1,13-19H2,2-7H3,(H,35,43)(H,36,40)(H,37,42)/t21?,22-,25+,26-,34?/m1/s1. The first-order chi connectivity index (χ1) is 22.8. The van der Waals surface area contributed by atoms with Gasteiger partial charge in [0, 0.05) is 18.9 Å². The Morgan fingerprint density at radius 3 is 2.33 bits per heavy atom. The number of benzene rings is 1. The molecule has 5 rings (SSSR count). The van der Waals surface area contributed by atoms with E-state index in [2.05, 4.69) is 21.9 Å². The van der Waals surface area contributed by atoms with Gasteiger partial charge in [-0.3, -0.25) is 24.0 Å². The Bertz CT molecular complexity index is 1650. The number of carbonyl (C=O) groups excluding carboxylic acids is 5. The number of hydrogen-bond donors (Lipinski definition) is 3. The largest absolute Gasteiger partial charge is 0.444 e. The van der Waals surface area contributed by atoms with E-state index in [1.165, 1.54) is 15.9 Å². The summed E-state index contributed by atoms with van der Waals surface area (Å²) >= 11 is 0. The van der Waals surface area contributed by atoms with Crippen LogP contribution in [-0.4, -0.2) is 90.9 Å². The van der Waals surface area contributed by atoms with E-state index < -0.39 is 85.8 Å². The first-order valence-electron chi connectivity index (χ1n) is 16.6. The molecule has 1 aromatic rings. The Kier molecular flexibility index (Phi) is 9.56. The van der Waals surface area contributed by atoms with Crippen LogP contribution in [0.15, 0.2) is 36.9 Å². The Morgan fingerprint density at radius 2 is 1.73 bits per heavy atom. The van der Waals surface area contributed by atoms with Crippen LogP contribution in [0.2, 0.25) is 0 Å². The molecule has 0 aromatic heterocycles. The van der Waals surface area contributed by atoms with Gasteiger partial charge in [0.25, 0.3) is 5.91 Å². The van der Waals surface area contributed by atoms with E-state index in [0.717, 1.165) is 11.3 Å². The van der Waals surface area contributed by atoms with Crippen molar-refractivity contribution in [2.45, 2.75) is 108 Å². The second-order valence-corrected chi connectivity index (χ2v) is 17.4. The first kappa shape index (κ1) is 36.1. The highest BCUT2D eigenvalue weighted by atomic mass is 32.2. The van der Waals surface area contributed by atoms with E-state index >= 15 is 0 Å². The molecule has 4 aliphatic rings. The summed E-state index contributed by atoms with van der Waals surface area (Å²) in [5, 5.41) is 4.72. The van der Waals surface area contributed by atoms with Crippen LogP contribution in [0.4, 0.5) is 15.3 Å². The van der Waals surface area contributed by atoms with Crippen LogP contribution >= 0.6 is 0 Å². The van der Waals surface area contributed by atoms with Crippen LogP contribution in [0.3, 0.4) is 0 Å². The van der Waals surface area contributed by atoms with Gasteiger partial charge in [-0.05, 0) is 63.5 Å². The number of sulfonamides is 1. The molecular weight excluding hydrogens is 654 g/mol. The quantitative estimate of drug-likeness (QED) is 0.327. The molecule has 1 saturated heterocycles. The van der Waals surface area contributed by atoms with Gasteiger partial charge >= 0.3 is 12.2 Å². The Balaban J connectivity index is 1.39. The molecule has 14 nitrogen and oxygen atoms in total. The van der Waals surface area contributed by atoms with Gasteiger partial charge in [-0.2, -0.15) is 0 Å². The summed E-state index contributed by atoms with van der Waals surface area (Å²) in [5.74, 6) is -2.76. The molecule has 2 aliphatic carbocycles. The molecule has 3 N–H and O–H groups in total. The third-order valence-corrected chi connectivity index (χ3v) is 11.1. The lowest BCUT2D eigenvalue weighted by atomic mass is 9.85. The maximum atomic E-state index is 14.3. The number of hydrogen-bond acceptors (Lipinski definition) is 9. The number of amides is 5. The minimum Gasteiger partial charge on any atom is -0.444 e. The van der Waals surface area contributed by atoms with Gasteiger partial charge in [0.2, 0.25) is 21.8 Å². The number of anilines is 1. The van der Waals surface area contributed by atoms with Gasteiger partial charge in [-0.15, -0.1) is 6.58 Å². The molecule has 2 saturated carbocycles. The summed E-state index contributed by atoms with van der Waals surface area (Å²) < 4.78 is 38.6. The predicted molar refractivity (Wildman–Crippen MR) is 180 cm³/mol. The maximum absolute atomic E-state index is 14.3. The molecule has 2 unspecified atom stereocenters. The number of fused-ring (bicyclic) bond motifs is 1. The number of alkyl carbamates (subject to hydrolysis) is 1. The summed E-state index contributed by atoms with van der Waals surface area (Å²) in [6.07, 6.45) is 0.680. The molecular formula is C34H47N5O9S. The summed E-state index contributed by atoms with van der Waals surface area (Å²) in [7, 11) is -3.91. The predicted octanol–water partition coefficient (Wildman–Crippen LogP) is 2.76. The van der Waals surface area contributed by atoms with E-state index in [1.807, 2.05) is 24.3 Å². The molecule has 0 radical (unpaired) electrons. The van der Waals surface area contributed by atoms with Gasteiger partial charge in [-0.25, -0.2) is 18.0 Å². The average Bonchev–Trinajstić information content (AvgIpc) is 3.89. The van der Waals surface area contributed by atoms with E-state index in [-0.39, 0.29) is 19.4 Å². The summed E-state index contributed by atoms with van der Waals surface area (Å²) in [6, 6.07) is 5.08. The van der Waals surface area contributed by atoms with Crippen molar-refractivity contribution in [3.8, 4) is 0 Å². The van der Waals surface area contributed by atoms with Crippen LogP contribution in [0, 0.1) is 11.3 Å². The number of ether oxygens (including phenoxy) is 2. The number of para-hydroxylation sites is 1. The van der Waals surface area contributed by atoms with Gasteiger partial charge in [0.1, 0.15) is 29.3 Å². The monoisotopic (exact) mass is 701 g/mol. The van der Waals surface area contributed by atoms with Crippen LogP contribution < -0.4 is 20.3 Å². The van der Waals surface area contributed by atoms with Gasteiger partial charge in [0.05, 0.1) is 17.5 Å². The summed E-state index contributed by atoms with van der Waals surface area (Å²) in [4.78, 5) is 70.8. The Hall–Kier alpha value is -4.14. The SMILES string of the molecule is C=CC1CC1(NC(=O)[C@@H]1C[C@@H](OC(=O)N2CCc3ccccc32)CN1C(=O)[C@@H](NC(=O)OC(C)(C)C)C(C)(C)C)C(=O)NS(=O)(=O)C1CC1. The lowest BCUT2D eigenvalue weighted by molar-refractivity contribution is -0.143. The highest BCUT2D eigenvalue weighted by Gasteiger charge is 2.62. The normalized spacial score (nSPS) is 25.5. The van der Waals surface area contributed by atoms with Gasteiger partial charge in [-0.1, -0.05) is 45.0 Å². The van der Waals surface area contributed by atoms with Crippen molar-refractivity contribution in [2.24, 2.45) is 11.3 Å². The summed E-state index contributed by atoms with van der Waals surface area (Å²) in [6.45, 7) is 14.3. The molecule has 3 fully saturated rings. The molecule has 5 amide bonds. The van der Waals surface area contributed by atoms with Gasteiger partial charge < -0.3 is 25.0 Å². The van der Waals surface area contributed by atoms with Gasteiger partial charge in [0.15, 0.2) is 0 Å². The van der Waals surface area contributed by atoms with Crippen molar-refractivity contribution in [1.82, 2.24) is 20.3 Å². The minimum atomic E-state index is -3.91. The van der Waals surface area contributed by atoms with E-state index in [9.17, 15) is 32.4 Å². The molecule has 15 heteroatoms. The Labute approximate surface area is 287 Å². The smallest absolute Gasteiger partial charge is 0.414 e. The third-order valence-electron chi connectivity index (χ3n) is 9.25. The van der Waals surface area contributed by atoms with Crippen LogP contribution in [0.25, 0.3) is 0 Å². The Morgan fingerprint density at radius 1 is 1.06 bits per heavy atom. The number of nitrogens with one attached hydrogen (secondary N) is 3. The highest BCUT2D eigenvalue weighted by molar-refractivity contribution is 7.91. The molecule has 2 heterocycles. The average molecular weight is 702 g/mol. The van der Waals surface area contributed by atoms with Crippen LogP contribution in [0.1, 0.15) is 72.8 Å². The van der Waals surface area contributed by atoms with Crippen molar-refractivity contribution < 1.29 is 41.9 Å². The molecule has 5 atom stereocenters. The highest BCUT2D eigenvalue weighted by Crippen LogP contribution is 2.45. The molecule has 49 heavy (non-hydrogen) atoms. The number of rotatable bonds is 9. The molecule has 2 aliphatic heterocycles.